The Balaban J connectivity index is 3.16. The van der Waals surface area contributed by atoms with E-state index in [1.165, 1.54) is 6.92 Å². The predicted molar refractivity (Wildman–Crippen MR) is 59.0 cm³/mol. The van der Waals surface area contributed by atoms with E-state index >= 15 is 0 Å². The van der Waals surface area contributed by atoms with Gasteiger partial charge in [-0.2, -0.15) is 13.2 Å². The first-order chi connectivity index (χ1) is 8.81. The Kier molecular flexibility index (Phi) is 4.52. The van der Waals surface area contributed by atoms with Crippen molar-refractivity contribution < 1.29 is 32.2 Å². The van der Waals surface area contributed by atoms with E-state index in [1.54, 1.807) is 0 Å². The van der Waals surface area contributed by atoms with Gasteiger partial charge in [0.25, 0.3) is 5.78 Å². The molecule has 0 amide bonds. The molecule has 0 unspecified atom stereocenters. The van der Waals surface area contributed by atoms with Crippen LogP contribution in [0.15, 0.2) is 18.2 Å². The highest BCUT2D eigenvalue weighted by Gasteiger charge is 2.32. The Morgan fingerprint density at radius 1 is 1.26 bits per heavy atom. The third kappa shape index (κ3) is 3.46. The number of rotatable bonds is 4. The van der Waals surface area contributed by atoms with Crippen molar-refractivity contribution in [2.24, 2.45) is 0 Å². The quantitative estimate of drug-likeness (QED) is 0.481. The lowest BCUT2D eigenvalue weighted by Gasteiger charge is -2.11. The number of Topliss-reactive ketones (excluding diaryl/α,β-unsaturated/α-hetero) is 1. The molecule has 0 fully saturated rings. The molecule has 0 spiro atoms. The van der Waals surface area contributed by atoms with Crippen LogP contribution in [-0.4, -0.2) is 25.5 Å². The summed E-state index contributed by atoms with van der Waals surface area (Å²) in [4.78, 5) is 22.9. The maximum absolute atomic E-state index is 12.5. The van der Waals surface area contributed by atoms with Gasteiger partial charge in [-0.05, 0) is 25.1 Å². The summed E-state index contributed by atoms with van der Waals surface area (Å²) in [6.45, 7) is 1.50. The molecule has 0 N–H and O–H groups in total. The van der Waals surface area contributed by atoms with Crippen LogP contribution in [0, 0.1) is 0 Å². The molecular formula is C12H11F3O4. The van der Waals surface area contributed by atoms with Gasteiger partial charge in [0.15, 0.2) is 0 Å². The van der Waals surface area contributed by atoms with Crippen LogP contribution in [0.25, 0.3) is 0 Å². The molecule has 0 radical (unpaired) electrons. The number of carbonyl (C=O) groups excluding carboxylic acids is 2. The van der Waals surface area contributed by atoms with Crippen LogP contribution < -0.4 is 4.74 Å². The van der Waals surface area contributed by atoms with Gasteiger partial charge in [0.05, 0.1) is 24.8 Å². The number of ether oxygens (including phenoxy) is 2. The van der Waals surface area contributed by atoms with Gasteiger partial charge in [-0.1, -0.05) is 0 Å². The molecule has 1 rings (SSSR count). The Bertz CT molecular complexity index is 494. The number of hydrogen-bond donors (Lipinski definition) is 0. The number of hydrogen-bond acceptors (Lipinski definition) is 4. The van der Waals surface area contributed by atoms with Gasteiger partial charge in [-0.25, -0.2) is 4.79 Å². The lowest BCUT2D eigenvalue weighted by atomic mass is 10.1. The number of benzene rings is 1. The van der Waals surface area contributed by atoms with Gasteiger partial charge < -0.3 is 9.47 Å². The van der Waals surface area contributed by atoms with Gasteiger partial charge in [0, 0.05) is 0 Å². The van der Waals surface area contributed by atoms with Crippen molar-refractivity contribution in [3.63, 3.8) is 0 Å². The minimum Gasteiger partial charge on any atom is -0.496 e. The summed E-state index contributed by atoms with van der Waals surface area (Å²) in [6.07, 6.45) is -4.56. The van der Waals surface area contributed by atoms with Crippen LogP contribution in [0.5, 0.6) is 5.75 Å². The van der Waals surface area contributed by atoms with Crippen molar-refractivity contribution in [1.29, 1.82) is 0 Å². The standard InChI is InChI=1S/C12H11F3O4/c1-3-19-11(17)10(16)8-5-4-7(12(13,14)15)6-9(8)18-2/h4-6H,3H2,1-2H3. The monoisotopic (exact) mass is 276 g/mol. The molecule has 0 heterocycles. The van der Waals surface area contributed by atoms with Crippen LogP contribution in [0.3, 0.4) is 0 Å². The average Bonchev–Trinajstić information content (AvgIpc) is 2.36. The summed E-state index contributed by atoms with van der Waals surface area (Å²) < 4.78 is 46.6. The molecule has 0 bridgehead atoms. The molecular weight excluding hydrogens is 265 g/mol. The predicted octanol–water partition coefficient (Wildman–Crippen LogP) is 2.46. The van der Waals surface area contributed by atoms with E-state index in [-0.39, 0.29) is 17.9 Å². The number of halogens is 3. The lowest BCUT2D eigenvalue weighted by Crippen LogP contribution is -2.18. The zero-order chi connectivity index (χ0) is 14.6. The molecule has 0 aliphatic carbocycles. The number of carbonyl (C=O) groups is 2. The van der Waals surface area contributed by atoms with Gasteiger partial charge in [-0.15, -0.1) is 0 Å². The fourth-order valence-corrected chi connectivity index (χ4v) is 1.36. The van der Waals surface area contributed by atoms with Crippen LogP contribution in [0.2, 0.25) is 0 Å². The summed E-state index contributed by atoms with van der Waals surface area (Å²) in [6, 6.07) is 2.25. The van der Waals surface area contributed by atoms with Gasteiger partial charge in [-0.3, -0.25) is 4.79 Å². The maximum Gasteiger partial charge on any atom is 0.416 e. The third-order valence-corrected chi connectivity index (χ3v) is 2.23. The Labute approximate surface area is 107 Å². The summed E-state index contributed by atoms with van der Waals surface area (Å²) in [7, 11) is 1.11. The van der Waals surface area contributed by atoms with Crippen molar-refractivity contribution in [3.05, 3.63) is 29.3 Å². The Hall–Kier alpha value is -2.05. The van der Waals surface area contributed by atoms with E-state index in [4.69, 9.17) is 4.74 Å². The molecule has 0 saturated carbocycles. The molecule has 0 atom stereocenters. The average molecular weight is 276 g/mol. The number of alkyl halides is 3. The van der Waals surface area contributed by atoms with E-state index < -0.39 is 23.5 Å². The summed E-state index contributed by atoms with van der Waals surface area (Å²) in [5.74, 6) is -2.51. The largest absolute Gasteiger partial charge is 0.496 e. The summed E-state index contributed by atoms with van der Waals surface area (Å²) in [5.41, 5.74) is -1.24. The highest BCUT2D eigenvalue weighted by atomic mass is 19.4. The fraction of sp³-hybridized carbons (Fsp3) is 0.333. The van der Waals surface area contributed by atoms with Gasteiger partial charge in [0.1, 0.15) is 5.75 Å². The molecule has 0 aliphatic rings. The molecule has 1 aromatic carbocycles. The van der Waals surface area contributed by atoms with Crippen LogP contribution in [0.1, 0.15) is 22.8 Å². The van der Waals surface area contributed by atoms with E-state index in [0.717, 1.165) is 13.2 Å². The SMILES string of the molecule is CCOC(=O)C(=O)c1ccc(C(F)(F)F)cc1OC. The number of ketones is 1. The molecule has 104 valence electrons. The third-order valence-electron chi connectivity index (χ3n) is 2.23. The highest BCUT2D eigenvalue weighted by molar-refractivity contribution is 6.41. The first-order valence-corrected chi connectivity index (χ1v) is 5.28. The minimum atomic E-state index is -4.56. The smallest absolute Gasteiger partial charge is 0.416 e. The molecule has 4 nitrogen and oxygen atoms in total. The Morgan fingerprint density at radius 2 is 1.89 bits per heavy atom. The molecule has 1 aromatic rings. The first kappa shape index (κ1) is 15.0. The van der Waals surface area contributed by atoms with Crippen molar-refractivity contribution in [2.45, 2.75) is 13.1 Å². The van der Waals surface area contributed by atoms with Gasteiger partial charge in [0.2, 0.25) is 0 Å². The lowest BCUT2D eigenvalue weighted by molar-refractivity contribution is -0.138. The molecule has 0 aromatic heterocycles. The van der Waals surface area contributed by atoms with Crippen molar-refractivity contribution in [2.75, 3.05) is 13.7 Å². The molecule has 0 aliphatic heterocycles. The zero-order valence-electron chi connectivity index (χ0n) is 10.2. The van der Waals surface area contributed by atoms with Gasteiger partial charge >= 0.3 is 12.1 Å². The summed E-state index contributed by atoms with van der Waals surface area (Å²) in [5, 5.41) is 0. The molecule has 0 saturated heterocycles. The van der Waals surface area contributed by atoms with Crippen molar-refractivity contribution >= 4 is 11.8 Å². The minimum absolute atomic E-state index is 0.00643. The van der Waals surface area contributed by atoms with E-state index in [1.807, 2.05) is 0 Å². The topological polar surface area (TPSA) is 52.6 Å². The second-order valence-electron chi connectivity index (χ2n) is 3.46. The summed E-state index contributed by atoms with van der Waals surface area (Å²) >= 11 is 0. The second kappa shape index (κ2) is 5.73. The maximum atomic E-state index is 12.5. The van der Waals surface area contributed by atoms with E-state index in [0.29, 0.717) is 12.1 Å². The Morgan fingerprint density at radius 3 is 2.37 bits per heavy atom. The second-order valence-corrected chi connectivity index (χ2v) is 3.46. The van der Waals surface area contributed by atoms with Crippen LogP contribution >= 0.6 is 0 Å². The number of esters is 1. The highest BCUT2D eigenvalue weighted by Crippen LogP contribution is 2.33. The molecule has 7 heteroatoms. The van der Waals surface area contributed by atoms with Crippen LogP contribution in [0.4, 0.5) is 13.2 Å². The van der Waals surface area contributed by atoms with Crippen LogP contribution in [-0.2, 0) is 15.7 Å². The first-order valence-electron chi connectivity index (χ1n) is 5.28. The zero-order valence-corrected chi connectivity index (χ0v) is 10.2. The van der Waals surface area contributed by atoms with Crippen molar-refractivity contribution in [1.82, 2.24) is 0 Å². The normalized spacial score (nSPS) is 11.0. The van der Waals surface area contributed by atoms with Crippen molar-refractivity contribution in [3.8, 4) is 5.75 Å². The van der Waals surface area contributed by atoms with E-state index in [2.05, 4.69) is 4.74 Å². The fourth-order valence-electron chi connectivity index (χ4n) is 1.36. The van der Waals surface area contributed by atoms with E-state index in [9.17, 15) is 22.8 Å². The number of methoxy groups -OCH3 is 1. The molecule has 19 heavy (non-hydrogen) atoms.